The van der Waals surface area contributed by atoms with Gasteiger partial charge in [-0.2, -0.15) is 5.10 Å². The highest BCUT2D eigenvalue weighted by molar-refractivity contribution is 9.10. The number of fused-ring (bicyclic) bond motifs is 1. The van der Waals surface area contributed by atoms with Crippen molar-refractivity contribution >= 4 is 43.6 Å². The molecule has 2 heterocycles. The second-order valence-electron chi connectivity index (χ2n) is 3.93. The van der Waals surface area contributed by atoms with Crippen molar-refractivity contribution in [3.05, 3.63) is 39.8 Å². The molecule has 0 saturated carbocycles. The number of carbonyl (C=O) groups is 1. The van der Waals surface area contributed by atoms with Crippen LogP contribution in [0.4, 0.5) is 0 Å². The zero-order valence-electron chi connectivity index (χ0n) is 9.55. The molecule has 0 radical (unpaired) electrons. The summed E-state index contributed by atoms with van der Waals surface area (Å²) in [4.78, 5) is 11.0. The van der Waals surface area contributed by atoms with E-state index < -0.39 is 0 Å². The Labute approximate surface area is 116 Å². The van der Waals surface area contributed by atoms with E-state index in [0.29, 0.717) is 5.69 Å². The molecule has 5 heteroatoms. The summed E-state index contributed by atoms with van der Waals surface area (Å²) in [6.45, 7) is 0. The summed E-state index contributed by atoms with van der Waals surface area (Å²) in [7, 11) is 1.77. The van der Waals surface area contributed by atoms with E-state index >= 15 is 0 Å². The molecule has 0 aliphatic rings. The van der Waals surface area contributed by atoms with E-state index in [-0.39, 0.29) is 0 Å². The highest BCUT2D eigenvalue weighted by Crippen LogP contribution is 2.37. The van der Waals surface area contributed by atoms with E-state index in [9.17, 15) is 4.79 Å². The van der Waals surface area contributed by atoms with Crippen molar-refractivity contribution in [2.45, 2.75) is 0 Å². The van der Waals surface area contributed by atoms with E-state index in [2.05, 4.69) is 38.5 Å². The number of aldehydes is 1. The molecule has 0 amide bonds. The number of hydrogen-bond donors (Lipinski definition) is 0. The Bertz CT molecular complexity index is 745. The first-order valence-corrected chi connectivity index (χ1v) is 7.04. The Kier molecular flexibility index (Phi) is 2.80. The van der Waals surface area contributed by atoms with Crippen LogP contribution in [0, 0.1) is 0 Å². The molecule has 3 aromatic rings. The Morgan fingerprint density at radius 2 is 2.17 bits per heavy atom. The topological polar surface area (TPSA) is 34.9 Å². The predicted molar refractivity (Wildman–Crippen MR) is 77.1 cm³/mol. The molecule has 0 fully saturated rings. The van der Waals surface area contributed by atoms with Crippen LogP contribution < -0.4 is 0 Å². The summed E-state index contributed by atoms with van der Waals surface area (Å²) in [5, 5.41) is 7.66. The van der Waals surface area contributed by atoms with Crippen LogP contribution in [-0.4, -0.2) is 16.1 Å². The molecule has 0 bridgehead atoms. The van der Waals surface area contributed by atoms with E-state index in [1.165, 1.54) is 10.1 Å². The average Bonchev–Trinajstić information content (AvgIpc) is 2.91. The zero-order valence-corrected chi connectivity index (χ0v) is 12.0. The van der Waals surface area contributed by atoms with Crippen LogP contribution in [0.15, 0.2) is 34.1 Å². The minimum absolute atomic E-state index is 0.556. The number of halogens is 1. The lowest BCUT2D eigenvalue weighted by Crippen LogP contribution is -1.95. The minimum atomic E-state index is 0.556. The summed E-state index contributed by atoms with van der Waals surface area (Å²) < 4.78 is 3.57. The molecule has 0 N–H and O–H groups in total. The molecule has 2 aromatic heterocycles. The highest BCUT2D eigenvalue weighted by Gasteiger charge is 2.17. The second-order valence-corrected chi connectivity index (χ2v) is 5.64. The molecule has 0 atom stereocenters. The van der Waals surface area contributed by atoms with Crippen LogP contribution >= 0.6 is 27.3 Å². The number of nitrogens with zero attached hydrogens (tertiary/aromatic N) is 2. The fraction of sp³-hybridized carbons (Fsp3) is 0.0769. The van der Waals surface area contributed by atoms with Crippen molar-refractivity contribution in [3.8, 4) is 11.3 Å². The predicted octanol–water partition coefficient (Wildman–Crippen LogP) is 3.88. The van der Waals surface area contributed by atoms with Gasteiger partial charge in [0, 0.05) is 28.1 Å². The Morgan fingerprint density at radius 1 is 1.39 bits per heavy atom. The molecule has 1 aromatic carbocycles. The molecular formula is C13H9BrN2OS. The van der Waals surface area contributed by atoms with Crippen LogP contribution in [0.25, 0.3) is 21.3 Å². The molecule has 0 aliphatic heterocycles. The number of aromatic nitrogens is 2. The third-order valence-corrected chi connectivity index (χ3v) is 4.62. The fourth-order valence-corrected chi connectivity index (χ4v) is 3.56. The van der Waals surface area contributed by atoms with Gasteiger partial charge in [-0.15, -0.1) is 11.3 Å². The first-order chi connectivity index (χ1) is 8.72. The number of hydrogen-bond acceptors (Lipinski definition) is 3. The van der Waals surface area contributed by atoms with Gasteiger partial charge in [0.15, 0.2) is 6.29 Å². The van der Waals surface area contributed by atoms with Crippen molar-refractivity contribution in [1.29, 1.82) is 0 Å². The number of benzene rings is 1. The molecule has 0 spiro atoms. The van der Waals surface area contributed by atoms with Gasteiger partial charge in [0.25, 0.3) is 0 Å². The van der Waals surface area contributed by atoms with Gasteiger partial charge in [-0.25, -0.2) is 0 Å². The summed E-state index contributed by atoms with van der Waals surface area (Å²) in [5.74, 6) is 0. The second kappa shape index (κ2) is 4.33. The lowest BCUT2D eigenvalue weighted by molar-refractivity contribution is 0.111. The van der Waals surface area contributed by atoms with Gasteiger partial charge < -0.3 is 0 Å². The smallest absolute Gasteiger partial charge is 0.169 e. The average molecular weight is 321 g/mol. The maximum atomic E-state index is 11.0. The first kappa shape index (κ1) is 11.6. The molecule has 18 heavy (non-hydrogen) atoms. The maximum absolute atomic E-state index is 11.0. The standard InChI is InChI=1S/C13H9BrN2OS/c1-16-10(6-17)12(14)13(15-16)9-7-18-11-5-3-2-4-8(9)11/h2-7H,1H3. The normalized spacial score (nSPS) is 11.0. The third kappa shape index (κ3) is 1.62. The Balaban J connectivity index is 2.30. The number of aryl methyl sites for hydroxylation is 1. The largest absolute Gasteiger partial charge is 0.296 e. The Hall–Kier alpha value is -1.46. The van der Waals surface area contributed by atoms with Crippen molar-refractivity contribution in [2.24, 2.45) is 7.05 Å². The number of carbonyl (C=O) groups excluding carboxylic acids is 1. The lowest BCUT2D eigenvalue weighted by atomic mass is 10.1. The zero-order chi connectivity index (χ0) is 12.7. The van der Waals surface area contributed by atoms with Crippen molar-refractivity contribution < 1.29 is 4.79 Å². The van der Waals surface area contributed by atoms with E-state index in [4.69, 9.17) is 0 Å². The molecule has 90 valence electrons. The van der Waals surface area contributed by atoms with E-state index in [0.717, 1.165) is 22.0 Å². The molecule has 3 rings (SSSR count). The SMILES string of the molecule is Cn1nc(-c2csc3ccccc23)c(Br)c1C=O. The van der Waals surface area contributed by atoms with Gasteiger partial charge >= 0.3 is 0 Å². The monoisotopic (exact) mass is 320 g/mol. The van der Waals surface area contributed by atoms with Crippen LogP contribution in [0.2, 0.25) is 0 Å². The van der Waals surface area contributed by atoms with Gasteiger partial charge in [0.1, 0.15) is 11.4 Å². The van der Waals surface area contributed by atoms with Gasteiger partial charge in [-0.1, -0.05) is 18.2 Å². The van der Waals surface area contributed by atoms with Crippen LogP contribution in [-0.2, 0) is 7.05 Å². The summed E-state index contributed by atoms with van der Waals surface area (Å²) >= 11 is 5.14. The van der Waals surface area contributed by atoms with Gasteiger partial charge in [-0.3, -0.25) is 9.48 Å². The van der Waals surface area contributed by atoms with Gasteiger partial charge in [0.2, 0.25) is 0 Å². The van der Waals surface area contributed by atoms with E-state index in [1.807, 2.05) is 12.1 Å². The van der Waals surface area contributed by atoms with E-state index in [1.54, 1.807) is 23.1 Å². The van der Waals surface area contributed by atoms with Crippen LogP contribution in [0.5, 0.6) is 0 Å². The quantitative estimate of drug-likeness (QED) is 0.672. The molecule has 0 saturated heterocycles. The Morgan fingerprint density at radius 3 is 2.89 bits per heavy atom. The maximum Gasteiger partial charge on any atom is 0.169 e. The minimum Gasteiger partial charge on any atom is -0.296 e. The summed E-state index contributed by atoms with van der Waals surface area (Å²) in [5.41, 5.74) is 2.43. The first-order valence-electron chi connectivity index (χ1n) is 5.36. The lowest BCUT2D eigenvalue weighted by Gasteiger charge is -1.95. The number of thiophene rings is 1. The summed E-state index contributed by atoms with van der Waals surface area (Å²) in [6.07, 6.45) is 0.815. The van der Waals surface area contributed by atoms with Crippen LogP contribution in [0.1, 0.15) is 10.5 Å². The van der Waals surface area contributed by atoms with Crippen molar-refractivity contribution in [3.63, 3.8) is 0 Å². The van der Waals surface area contributed by atoms with Crippen LogP contribution in [0.3, 0.4) is 0 Å². The van der Waals surface area contributed by atoms with Crippen molar-refractivity contribution in [1.82, 2.24) is 9.78 Å². The third-order valence-electron chi connectivity index (χ3n) is 2.88. The highest BCUT2D eigenvalue weighted by atomic mass is 79.9. The summed E-state index contributed by atoms with van der Waals surface area (Å²) in [6, 6.07) is 8.19. The number of rotatable bonds is 2. The fourth-order valence-electron chi connectivity index (χ4n) is 1.97. The molecule has 0 unspecified atom stereocenters. The molecule has 0 aliphatic carbocycles. The molecular weight excluding hydrogens is 312 g/mol. The molecule has 3 nitrogen and oxygen atoms in total. The van der Waals surface area contributed by atoms with Gasteiger partial charge in [0.05, 0.1) is 4.47 Å². The van der Waals surface area contributed by atoms with Crippen molar-refractivity contribution in [2.75, 3.05) is 0 Å². The van der Waals surface area contributed by atoms with Gasteiger partial charge in [-0.05, 0) is 22.0 Å².